The molecule has 1 N–H and O–H groups in total. The van der Waals surface area contributed by atoms with Crippen LogP contribution in [-0.4, -0.2) is 37.2 Å². The van der Waals surface area contributed by atoms with E-state index in [0.29, 0.717) is 36.0 Å². The molecular weight excluding hydrogens is 527 g/mol. The second kappa shape index (κ2) is 11.0. The molecule has 2 aromatic rings. The summed E-state index contributed by atoms with van der Waals surface area (Å²) in [5.74, 6) is 1.12. The van der Waals surface area contributed by atoms with Crippen molar-refractivity contribution in [2.45, 2.75) is 43.4 Å². The zero-order valence-corrected chi connectivity index (χ0v) is 22.7. The molecule has 0 aromatic heterocycles. The lowest BCUT2D eigenvalue weighted by Crippen LogP contribution is -2.27. The zero-order chi connectivity index (χ0) is 25.2. The SMILES string of the molecule is CCC(=CC1Sc2ccc(Cl)cc2N1CC)C=C1Oc2ccc(Cl)cc2N1CCCCS(=O)(=O)O. The first-order valence-electron chi connectivity index (χ1n) is 11.5. The summed E-state index contributed by atoms with van der Waals surface area (Å²) in [6.07, 6.45) is 6.02. The third-order valence-corrected chi connectivity index (χ3v) is 8.43. The topological polar surface area (TPSA) is 70.1 Å². The molecule has 1 unspecified atom stereocenters. The second-order valence-corrected chi connectivity index (χ2v) is 11.9. The third-order valence-electron chi connectivity index (χ3n) is 5.93. The summed E-state index contributed by atoms with van der Waals surface area (Å²) in [6.45, 7) is 5.64. The van der Waals surface area contributed by atoms with Crippen molar-refractivity contribution >= 4 is 56.5 Å². The van der Waals surface area contributed by atoms with Crippen molar-refractivity contribution in [1.82, 2.24) is 0 Å². The van der Waals surface area contributed by atoms with Gasteiger partial charge in [-0.25, -0.2) is 0 Å². The Kier molecular flexibility index (Phi) is 8.28. The lowest BCUT2D eigenvalue weighted by Gasteiger charge is -2.23. The van der Waals surface area contributed by atoms with Crippen molar-refractivity contribution in [3.05, 3.63) is 70.1 Å². The van der Waals surface area contributed by atoms with E-state index in [0.717, 1.165) is 34.9 Å². The fraction of sp³-hybridized carbons (Fsp3) is 0.360. The van der Waals surface area contributed by atoms with Crippen LogP contribution >= 0.6 is 35.0 Å². The second-order valence-electron chi connectivity index (χ2n) is 8.34. The van der Waals surface area contributed by atoms with E-state index >= 15 is 0 Å². The van der Waals surface area contributed by atoms with E-state index in [1.807, 2.05) is 35.2 Å². The molecule has 35 heavy (non-hydrogen) atoms. The molecule has 0 fully saturated rings. The van der Waals surface area contributed by atoms with E-state index in [1.54, 1.807) is 17.8 Å². The molecule has 0 amide bonds. The van der Waals surface area contributed by atoms with Crippen LogP contribution in [0.15, 0.2) is 64.9 Å². The van der Waals surface area contributed by atoms with Crippen molar-refractivity contribution < 1.29 is 17.7 Å². The van der Waals surface area contributed by atoms with Gasteiger partial charge in [0, 0.05) is 34.1 Å². The van der Waals surface area contributed by atoms with Gasteiger partial charge in [0.2, 0.25) is 5.88 Å². The Labute approximate surface area is 221 Å². The molecule has 4 rings (SSSR count). The molecule has 0 saturated carbocycles. The largest absolute Gasteiger partial charge is 0.439 e. The Hall–Kier alpha value is -1.84. The number of fused-ring (bicyclic) bond motifs is 2. The van der Waals surface area contributed by atoms with Gasteiger partial charge >= 0.3 is 0 Å². The van der Waals surface area contributed by atoms with E-state index in [2.05, 4.69) is 30.9 Å². The quantitative estimate of drug-likeness (QED) is 0.264. The molecule has 0 saturated heterocycles. The number of likely N-dealkylation sites (N-methyl/N-ethyl adjacent to an activating group) is 1. The highest BCUT2D eigenvalue weighted by molar-refractivity contribution is 8.00. The number of ether oxygens (including phenoxy) is 1. The predicted molar refractivity (Wildman–Crippen MR) is 146 cm³/mol. The molecule has 2 heterocycles. The summed E-state index contributed by atoms with van der Waals surface area (Å²) in [5.41, 5.74) is 3.12. The summed E-state index contributed by atoms with van der Waals surface area (Å²) >= 11 is 14.3. The maximum absolute atomic E-state index is 11.1. The van der Waals surface area contributed by atoms with Crippen LogP contribution in [0.25, 0.3) is 0 Å². The van der Waals surface area contributed by atoms with Crippen LogP contribution in [0.1, 0.15) is 33.1 Å². The minimum Gasteiger partial charge on any atom is -0.439 e. The zero-order valence-electron chi connectivity index (χ0n) is 19.6. The van der Waals surface area contributed by atoms with Crippen LogP contribution in [0.3, 0.4) is 0 Å². The van der Waals surface area contributed by atoms with Crippen LogP contribution in [0, 0.1) is 0 Å². The number of hydrogen-bond acceptors (Lipinski definition) is 6. The van der Waals surface area contributed by atoms with Crippen molar-refractivity contribution in [2.75, 3.05) is 28.6 Å². The number of thioether (sulfide) groups is 1. The van der Waals surface area contributed by atoms with Crippen LogP contribution in [0.5, 0.6) is 5.75 Å². The number of anilines is 2. The lowest BCUT2D eigenvalue weighted by molar-refractivity contribution is 0.436. The van der Waals surface area contributed by atoms with Crippen molar-refractivity contribution in [3.8, 4) is 5.75 Å². The van der Waals surface area contributed by atoms with Gasteiger partial charge in [-0.1, -0.05) is 41.9 Å². The highest BCUT2D eigenvalue weighted by atomic mass is 35.5. The first kappa shape index (κ1) is 26.2. The van der Waals surface area contributed by atoms with E-state index in [4.69, 9.17) is 32.5 Å². The number of nitrogens with zero attached hydrogens (tertiary/aromatic N) is 2. The van der Waals surface area contributed by atoms with Gasteiger partial charge in [0.05, 0.1) is 22.5 Å². The van der Waals surface area contributed by atoms with Crippen molar-refractivity contribution in [2.24, 2.45) is 0 Å². The monoisotopic (exact) mass is 554 g/mol. The summed E-state index contributed by atoms with van der Waals surface area (Å²) in [6, 6.07) is 11.5. The molecule has 188 valence electrons. The minimum absolute atomic E-state index is 0.140. The molecule has 6 nitrogen and oxygen atoms in total. The standard InChI is InChI=1S/C25H28Cl2N2O4S2/c1-3-17(14-25-28(4-2)21-16-19(27)8-10-23(21)34-25)13-24-29(11-5-6-12-35(30,31)32)20-15-18(26)7-9-22(20)33-24/h7-10,13-16,25H,3-6,11-12H2,1-2H3,(H,30,31,32). The molecule has 10 heteroatoms. The van der Waals surface area contributed by atoms with Gasteiger partial charge < -0.3 is 14.5 Å². The highest BCUT2D eigenvalue weighted by Crippen LogP contribution is 2.46. The lowest BCUT2D eigenvalue weighted by atomic mass is 10.1. The Morgan fingerprint density at radius 2 is 1.83 bits per heavy atom. The Morgan fingerprint density at radius 1 is 1.11 bits per heavy atom. The molecule has 0 spiro atoms. The molecule has 0 radical (unpaired) electrons. The average Bonchev–Trinajstić information content (AvgIpc) is 3.31. The fourth-order valence-corrected chi connectivity index (χ4v) is 6.43. The number of rotatable bonds is 9. The van der Waals surface area contributed by atoms with Gasteiger partial charge in [0.15, 0.2) is 5.75 Å². The summed E-state index contributed by atoms with van der Waals surface area (Å²) in [4.78, 5) is 5.56. The van der Waals surface area contributed by atoms with E-state index in [-0.39, 0.29) is 11.1 Å². The minimum atomic E-state index is -3.98. The van der Waals surface area contributed by atoms with Gasteiger partial charge in [-0.3, -0.25) is 4.55 Å². The van der Waals surface area contributed by atoms with Gasteiger partial charge in [-0.2, -0.15) is 8.42 Å². The van der Waals surface area contributed by atoms with Gasteiger partial charge in [-0.15, -0.1) is 0 Å². The number of halogens is 2. The predicted octanol–water partition coefficient (Wildman–Crippen LogP) is 7.00. The molecule has 2 aromatic carbocycles. The fourth-order valence-electron chi connectivity index (χ4n) is 4.20. The summed E-state index contributed by atoms with van der Waals surface area (Å²) < 4.78 is 37.4. The first-order valence-corrected chi connectivity index (χ1v) is 14.8. The third kappa shape index (κ3) is 6.30. The van der Waals surface area contributed by atoms with Crippen LogP contribution in [0.4, 0.5) is 11.4 Å². The van der Waals surface area contributed by atoms with Crippen molar-refractivity contribution in [3.63, 3.8) is 0 Å². The molecule has 1 atom stereocenters. The molecular formula is C25H28Cl2N2O4S2. The smallest absolute Gasteiger partial charge is 0.264 e. The van der Waals surface area contributed by atoms with Crippen LogP contribution < -0.4 is 14.5 Å². The van der Waals surface area contributed by atoms with E-state index in [9.17, 15) is 8.42 Å². The van der Waals surface area contributed by atoms with Crippen molar-refractivity contribution in [1.29, 1.82) is 0 Å². The normalized spacial score (nSPS) is 18.7. The molecule has 0 aliphatic carbocycles. The number of benzene rings is 2. The summed E-state index contributed by atoms with van der Waals surface area (Å²) in [5, 5.41) is 1.47. The molecule has 2 aliphatic heterocycles. The number of allylic oxidation sites excluding steroid dienone is 2. The van der Waals surface area contributed by atoms with E-state index < -0.39 is 10.1 Å². The molecule has 2 aliphatic rings. The maximum Gasteiger partial charge on any atom is 0.264 e. The number of unbranched alkanes of at least 4 members (excludes halogenated alkanes) is 1. The average molecular weight is 556 g/mol. The van der Waals surface area contributed by atoms with Gasteiger partial charge in [0.25, 0.3) is 10.1 Å². The maximum atomic E-state index is 11.1. The highest BCUT2D eigenvalue weighted by Gasteiger charge is 2.29. The summed E-state index contributed by atoms with van der Waals surface area (Å²) in [7, 11) is -3.98. The Bertz CT molecular complexity index is 1260. The Morgan fingerprint density at radius 3 is 2.51 bits per heavy atom. The first-order chi connectivity index (χ1) is 16.7. The van der Waals surface area contributed by atoms with E-state index in [1.165, 1.54) is 4.90 Å². The molecule has 0 bridgehead atoms. The van der Waals surface area contributed by atoms with Crippen LogP contribution in [0.2, 0.25) is 10.0 Å². The van der Waals surface area contributed by atoms with Gasteiger partial charge in [0.1, 0.15) is 0 Å². The number of hydrogen-bond donors (Lipinski definition) is 1. The Balaban J connectivity index is 1.59. The van der Waals surface area contributed by atoms with Gasteiger partial charge in [-0.05, 0) is 74.2 Å². The van der Waals surface area contributed by atoms with Crippen LogP contribution in [-0.2, 0) is 10.1 Å².